The van der Waals surface area contributed by atoms with Gasteiger partial charge in [-0.25, -0.2) is 0 Å². The van der Waals surface area contributed by atoms with Gasteiger partial charge in [0.1, 0.15) is 5.75 Å². The zero-order valence-corrected chi connectivity index (χ0v) is 11.5. The molecule has 0 spiro atoms. The Kier molecular flexibility index (Phi) is 4.29. The first-order valence-electron chi connectivity index (χ1n) is 6.33. The van der Waals surface area contributed by atoms with Gasteiger partial charge in [0.2, 0.25) is 0 Å². The van der Waals surface area contributed by atoms with E-state index < -0.39 is 0 Å². The lowest BCUT2D eigenvalue weighted by atomic mass is 10.00. The van der Waals surface area contributed by atoms with Crippen molar-refractivity contribution in [3.63, 3.8) is 0 Å². The summed E-state index contributed by atoms with van der Waals surface area (Å²) in [5.41, 5.74) is 3.37. The van der Waals surface area contributed by atoms with E-state index in [1.54, 1.807) is 19.5 Å². The van der Waals surface area contributed by atoms with Crippen LogP contribution in [-0.4, -0.2) is 17.3 Å². The quantitative estimate of drug-likeness (QED) is 0.832. The molecule has 1 heterocycles. The molecule has 0 saturated heterocycles. The van der Waals surface area contributed by atoms with Gasteiger partial charge in [-0.05, 0) is 34.7 Å². The third kappa shape index (κ3) is 3.41. The van der Waals surface area contributed by atoms with E-state index in [0.717, 1.165) is 16.9 Å². The first-order chi connectivity index (χ1) is 9.20. The van der Waals surface area contributed by atoms with Gasteiger partial charge in [0.25, 0.3) is 0 Å². The second kappa shape index (κ2) is 6.14. The Labute approximate surface area is 114 Å². The summed E-state index contributed by atoms with van der Waals surface area (Å²) in [4.78, 5) is 0. The van der Waals surface area contributed by atoms with Crippen molar-refractivity contribution in [1.29, 1.82) is 0 Å². The molecular weight excluding hydrogens is 236 g/mol. The monoisotopic (exact) mass is 254 g/mol. The molecule has 1 aromatic carbocycles. The largest absolute Gasteiger partial charge is 0.496 e. The van der Waals surface area contributed by atoms with Crippen LogP contribution in [0.3, 0.4) is 0 Å². The minimum atomic E-state index is 0.456. The molecule has 0 unspecified atom stereocenters. The van der Waals surface area contributed by atoms with E-state index in [-0.39, 0.29) is 0 Å². The first-order valence-corrected chi connectivity index (χ1v) is 6.33. The van der Waals surface area contributed by atoms with Crippen LogP contribution in [0.15, 0.2) is 36.7 Å². The zero-order chi connectivity index (χ0) is 13.7. The fourth-order valence-corrected chi connectivity index (χ4v) is 1.90. The van der Waals surface area contributed by atoms with Crippen LogP contribution < -0.4 is 4.74 Å². The Hall–Kier alpha value is -2.16. The molecule has 3 heteroatoms. The van der Waals surface area contributed by atoms with Crippen molar-refractivity contribution in [2.24, 2.45) is 0 Å². The number of hydrogen-bond donors (Lipinski definition) is 0. The van der Waals surface area contributed by atoms with Gasteiger partial charge in [-0.3, -0.25) is 0 Å². The number of methoxy groups -OCH3 is 1. The molecule has 2 aromatic rings. The predicted molar refractivity (Wildman–Crippen MR) is 78.0 cm³/mol. The normalized spacial score (nSPS) is 11.2. The maximum Gasteiger partial charge on any atom is 0.122 e. The van der Waals surface area contributed by atoms with Gasteiger partial charge in [-0.2, -0.15) is 10.2 Å². The van der Waals surface area contributed by atoms with E-state index in [0.29, 0.717) is 5.92 Å². The highest BCUT2D eigenvalue weighted by molar-refractivity contribution is 5.70. The standard InChI is InChI=1S/C16H18N2O/c1-12(2)15-7-6-13(10-16(15)19-3)4-5-14-8-9-17-18-11-14/h4-12H,1-3H3/b5-4+. The van der Waals surface area contributed by atoms with Gasteiger partial charge in [0.05, 0.1) is 19.5 Å². The second-order valence-electron chi connectivity index (χ2n) is 4.67. The third-order valence-corrected chi connectivity index (χ3v) is 2.95. The molecule has 0 saturated carbocycles. The van der Waals surface area contributed by atoms with Gasteiger partial charge in [-0.1, -0.05) is 38.1 Å². The van der Waals surface area contributed by atoms with Gasteiger partial charge in [-0.15, -0.1) is 0 Å². The van der Waals surface area contributed by atoms with E-state index in [1.165, 1.54) is 5.56 Å². The van der Waals surface area contributed by atoms with Crippen molar-refractivity contribution in [2.75, 3.05) is 7.11 Å². The van der Waals surface area contributed by atoms with Crippen molar-refractivity contribution in [2.45, 2.75) is 19.8 Å². The number of ether oxygens (including phenoxy) is 1. The molecule has 2 rings (SSSR count). The molecule has 0 fully saturated rings. The fraction of sp³-hybridized carbons (Fsp3) is 0.250. The van der Waals surface area contributed by atoms with E-state index in [4.69, 9.17) is 4.74 Å². The molecule has 0 aliphatic carbocycles. The number of aromatic nitrogens is 2. The summed E-state index contributed by atoms with van der Waals surface area (Å²) >= 11 is 0. The lowest BCUT2D eigenvalue weighted by molar-refractivity contribution is 0.407. The van der Waals surface area contributed by atoms with Crippen LogP contribution in [0.5, 0.6) is 5.75 Å². The zero-order valence-electron chi connectivity index (χ0n) is 11.5. The van der Waals surface area contributed by atoms with E-state index >= 15 is 0 Å². The molecule has 19 heavy (non-hydrogen) atoms. The molecule has 0 aliphatic heterocycles. The Morgan fingerprint density at radius 3 is 2.47 bits per heavy atom. The minimum Gasteiger partial charge on any atom is -0.496 e. The van der Waals surface area contributed by atoms with Crippen LogP contribution in [0.2, 0.25) is 0 Å². The highest BCUT2D eigenvalue weighted by atomic mass is 16.5. The smallest absolute Gasteiger partial charge is 0.122 e. The molecule has 98 valence electrons. The first kappa shape index (κ1) is 13.3. The van der Waals surface area contributed by atoms with Crippen molar-refractivity contribution in [1.82, 2.24) is 10.2 Å². The fourth-order valence-electron chi connectivity index (χ4n) is 1.90. The maximum absolute atomic E-state index is 5.44. The van der Waals surface area contributed by atoms with E-state index in [2.05, 4.69) is 42.2 Å². The summed E-state index contributed by atoms with van der Waals surface area (Å²) in [5.74, 6) is 1.39. The van der Waals surface area contributed by atoms with Crippen molar-refractivity contribution < 1.29 is 4.74 Å². The molecule has 1 aromatic heterocycles. The lowest BCUT2D eigenvalue weighted by Gasteiger charge is -2.12. The van der Waals surface area contributed by atoms with Gasteiger partial charge >= 0.3 is 0 Å². The summed E-state index contributed by atoms with van der Waals surface area (Å²) in [7, 11) is 1.71. The summed E-state index contributed by atoms with van der Waals surface area (Å²) in [6, 6.07) is 8.20. The Bertz CT molecular complexity index is 562. The summed E-state index contributed by atoms with van der Waals surface area (Å²) < 4.78 is 5.44. The van der Waals surface area contributed by atoms with Crippen LogP contribution in [0.25, 0.3) is 12.2 Å². The van der Waals surface area contributed by atoms with Crippen LogP contribution in [0.4, 0.5) is 0 Å². The minimum absolute atomic E-state index is 0.456. The van der Waals surface area contributed by atoms with E-state index in [1.807, 2.05) is 18.2 Å². The van der Waals surface area contributed by atoms with Crippen molar-refractivity contribution in [3.8, 4) is 5.75 Å². The van der Waals surface area contributed by atoms with Crippen LogP contribution in [0.1, 0.15) is 36.5 Å². The highest BCUT2D eigenvalue weighted by Gasteiger charge is 2.06. The van der Waals surface area contributed by atoms with Crippen molar-refractivity contribution in [3.05, 3.63) is 53.3 Å². The number of benzene rings is 1. The summed E-state index contributed by atoms with van der Waals surface area (Å²) in [6.07, 6.45) is 7.47. The molecular formula is C16H18N2O. The third-order valence-electron chi connectivity index (χ3n) is 2.95. The maximum atomic E-state index is 5.44. The second-order valence-corrected chi connectivity index (χ2v) is 4.67. The topological polar surface area (TPSA) is 35.0 Å². The highest BCUT2D eigenvalue weighted by Crippen LogP contribution is 2.27. The SMILES string of the molecule is COc1cc(/C=C/c2ccnnc2)ccc1C(C)C. The summed E-state index contributed by atoms with van der Waals surface area (Å²) in [5, 5.41) is 7.60. The number of hydrogen-bond acceptors (Lipinski definition) is 3. The average molecular weight is 254 g/mol. The molecule has 0 bridgehead atoms. The molecule has 0 N–H and O–H groups in total. The van der Waals surface area contributed by atoms with Gasteiger partial charge < -0.3 is 4.74 Å². The summed E-state index contributed by atoms with van der Waals surface area (Å²) in [6.45, 7) is 4.33. The van der Waals surface area contributed by atoms with Crippen LogP contribution in [-0.2, 0) is 0 Å². The van der Waals surface area contributed by atoms with Crippen molar-refractivity contribution >= 4 is 12.2 Å². The molecule has 0 amide bonds. The molecule has 0 aliphatic rings. The molecule has 0 radical (unpaired) electrons. The van der Waals surface area contributed by atoms with Crippen LogP contribution >= 0.6 is 0 Å². The Balaban J connectivity index is 2.25. The Morgan fingerprint density at radius 2 is 1.84 bits per heavy atom. The van der Waals surface area contributed by atoms with Gasteiger partial charge in [0, 0.05) is 0 Å². The number of rotatable bonds is 4. The molecule has 0 atom stereocenters. The average Bonchev–Trinajstić information content (AvgIpc) is 2.45. The molecule has 3 nitrogen and oxygen atoms in total. The predicted octanol–water partition coefficient (Wildman–Crippen LogP) is 3.78. The van der Waals surface area contributed by atoms with Crippen LogP contribution in [0, 0.1) is 0 Å². The number of nitrogens with zero attached hydrogens (tertiary/aromatic N) is 2. The van der Waals surface area contributed by atoms with Gasteiger partial charge in [0.15, 0.2) is 0 Å². The Morgan fingerprint density at radius 1 is 1.05 bits per heavy atom. The lowest BCUT2D eigenvalue weighted by Crippen LogP contribution is -1.94. The van der Waals surface area contributed by atoms with E-state index in [9.17, 15) is 0 Å².